The van der Waals surface area contributed by atoms with Crippen LogP contribution in [-0.4, -0.2) is 50.8 Å². The normalized spacial score (nSPS) is 13.1. The minimum Gasteiger partial charge on any atom is -0.497 e. The zero-order valence-electron chi connectivity index (χ0n) is 21.3. The van der Waals surface area contributed by atoms with Crippen LogP contribution in [-0.2, 0) is 16.1 Å². The van der Waals surface area contributed by atoms with Crippen molar-refractivity contribution in [3.63, 3.8) is 0 Å². The van der Waals surface area contributed by atoms with Crippen LogP contribution in [0.25, 0.3) is 0 Å². The van der Waals surface area contributed by atoms with E-state index in [2.05, 4.69) is 34.8 Å². The summed E-state index contributed by atoms with van der Waals surface area (Å²) in [6.07, 6.45) is 1.11. The number of nitrogens with two attached hydrogens (primary N) is 1. The lowest BCUT2D eigenvalue weighted by Crippen LogP contribution is -2.26. The Morgan fingerprint density at radius 1 is 1.17 bits per heavy atom. The van der Waals surface area contributed by atoms with Crippen molar-refractivity contribution in [2.24, 2.45) is 5.73 Å². The molecule has 0 aliphatic carbocycles. The molecular weight excluding hydrogens is 444 g/mol. The number of primary amides is 1. The second-order valence-electron chi connectivity index (χ2n) is 7.24. The number of aldehydes is 1. The van der Waals surface area contributed by atoms with Crippen LogP contribution in [0.4, 0.5) is 0 Å². The van der Waals surface area contributed by atoms with Gasteiger partial charge in [-0.15, -0.1) is 0 Å². The highest BCUT2D eigenvalue weighted by Crippen LogP contribution is 2.17. The van der Waals surface area contributed by atoms with Crippen LogP contribution < -0.4 is 21.1 Å². The average molecular weight is 481 g/mol. The molecule has 1 heterocycles. The molecule has 1 aliphatic rings. The van der Waals surface area contributed by atoms with Crippen molar-refractivity contribution in [1.82, 2.24) is 15.5 Å². The highest BCUT2D eigenvalue weighted by molar-refractivity contribution is 5.89. The summed E-state index contributed by atoms with van der Waals surface area (Å²) in [7, 11) is 5.53. The standard InChI is InChI=1S/C13H12N2O.C11H15NO2.C2H6.CH3NO/c1-9-4-3-5-11(8-9)6-7-12-13(16)15-10(2)14-12;1-12(2)7-9-4-5-11(14-3)6-10(9)8-13;1-2;2-1-3/h3-5,8,12,14H,2H2,1H3,(H,15,16);4-6,8H,7H2,1-3H3;1-2H3;1H,(H2,2,3). The Balaban J connectivity index is 0.000000562. The third-order valence-electron chi connectivity index (χ3n) is 4.20. The fourth-order valence-corrected chi connectivity index (χ4v) is 2.77. The van der Waals surface area contributed by atoms with Crippen LogP contribution in [0.2, 0.25) is 0 Å². The lowest BCUT2D eigenvalue weighted by atomic mass is 10.1. The molecule has 0 bridgehead atoms. The minimum atomic E-state index is -0.493. The summed E-state index contributed by atoms with van der Waals surface area (Å²) in [5.74, 6) is 6.91. The van der Waals surface area contributed by atoms with Gasteiger partial charge in [0.2, 0.25) is 6.41 Å². The first-order valence-electron chi connectivity index (χ1n) is 11.0. The number of benzene rings is 2. The molecule has 188 valence electrons. The van der Waals surface area contributed by atoms with Crippen molar-refractivity contribution in [3.05, 3.63) is 77.1 Å². The summed E-state index contributed by atoms with van der Waals surface area (Å²) < 4.78 is 5.04. The number of amides is 2. The Morgan fingerprint density at radius 3 is 2.31 bits per heavy atom. The summed E-state index contributed by atoms with van der Waals surface area (Å²) in [6.45, 7) is 10.4. The van der Waals surface area contributed by atoms with Gasteiger partial charge in [-0.1, -0.05) is 50.5 Å². The molecule has 1 saturated heterocycles. The van der Waals surface area contributed by atoms with E-state index in [0.29, 0.717) is 11.4 Å². The Morgan fingerprint density at radius 2 is 1.83 bits per heavy atom. The van der Waals surface area contributed by atoms with E-state index in [4.69, 9.17) is 9.53 Å². The number of rotatable bonds is 4. The summed E-state index contributed by atoms with van der Waals surface area (Å²) >= 11 is 0. The van der Waals surface area contributed by atoms with Crippen LogP contribution in [0.5, 0.6) is 5.75 Å². The largest absolute Gasteiger partial charge is 0.497 e. The van der Waals surface area contributed by atoms with Gasteiger partial charge in [-0.2, -0.15) is 0 Å². The fraction of sp³-hybridized carbons (Fsp3) is 0.296. The number of hydrogen-bond donors (Lipinski definition) is 3. The number of nitrogens with one attached hydrogen (secondary N) is 2. The van der Waals surface area contributed by atoms with Gasteiger partial charge in [0.15, 0.2) is 12.3 Å². The van der Waals surface area contributed by atoms with Crippen LogP contribution >= 0.6 is 0 Å². The summed E-state index contributed by atoms with van der Waals surface area (Å²) in [4.78, 5) is 32.7. The minimum absolute atomic E-state index is 0.148. The molecule has 4 N–H and O–H groups in total. The highest BCUT2D eigenvalue weighted by Gasteiger charge is 2.23. The highest BCUT2D eigenvalue weighted by atomic mass is 16.5. The lowest BCUT2D eigenvalue weighted by Gasteiger charge is -2.12. The van der Waals surface area contributed by atoms with Crippen molar-refractivity contribution < 1.29 is 19.1 Å². The fourth-order valence-electron chi connectivity index (χ4n) is 2.77. The number of nitrogens with zero attached hydrogens (tertiary/aromatic N) is 1. The molecule has 8 heteroatoms. The predicted octanol–water partition coefficient (Wildman–Crippen LogP) is 2.60. The maximum atomic E-state index is 11.3. The lowest BCUT2D eigenvalue weighted by molar-refractivity contribution is -0.119. The van der Waals surface area contributed by atoms with Crippen molar-refractivity contribution in [1.29, 1.82) is 0 Å². The zero-order valence-corrected chi connectivity index (χ0v) is 21.3. The SMILES string of the molecule is C=C1NC(=O)C(C#Cc2cccc(C)c2)N1.CC.COc1ccc(CN(C)C)c(C=O)c1.NC=O. The van der Waals surface area contributed by atoms with Gasteiger partial charge < -0.3 is 26.0 Å². The van der Waals surface area contributed by atoms with Gasteiger partial charge in [-0.25, -0.2) is 0 Å². The first-order chi connectivity index (χ1) is 16.7. The quantitative estimate of drug-likeness (QED) is 0.458. The third-order valence-corrected chi connectivity index (χ3v) is 4.20. The molecular formula is C27H36N4O4. The Hall–Kier alpha value is -4.09. The molecule has 2 amide bonds. The van der Waals surface area contributed by atoms with Crippen molar-refractivity contribution >= 4 is 18.6 Å². The maximum absolute atomic E-state index is 11.3. The Bertz CT molecular complexity index is 1040. The molecule has 8 nitrogen and oxygen atoms in total. The average Bonchev–Trinajstić information content (AvgIpc) is 3.16. The number of hydrogen-bond acceptors (Lipinski definition) is 6. The van der Waals surface area contributed by atoms with Gasteiger partial charge in [0.25, 0.3) is 5.91 Å². The van der Waals surface area contributed by atoms with Crippen molar-refractivity contribution in [2.45, 2.75) is 33.4 Å². The molecule has 0 spiro atoms. The van der Waals surface area contributed by atoms with Gasteiger partial charge in [-0.05, 0) is 56.4 Å². The van der Waals surface area contributed by atoms with E-state index in [1.54, 1.807) is 13.2 Å². The van der Waals surface area contributed by atoms with Crippen LogP contribution in [0, 0.1) is 18.8 Å². The Kier molecular flexibility index (Phi) is 15.4. The van der Waals surface area contributed by atoms with Crippen LogP contribution in [0.15, 0.2) is 54.9 Å². The Labute approximate surface area is 208 Å². The number of carbonyl (C=O) groups is 3. The molecule has 0 radical (unpaired) electrons. The molecule has 0 saturated carbocycles. The maximum Gasteiger partial charge on any atom is 0.260 e. The third kappa shape index (κ3) is 12.1. The topological polar surface area (TPSA) is 114 Å². The number of methoxy groups -OCH3 is 1. The van der Waals surface area contributed by atoms with Gasteiger partial charge in [0.05, 0.1) is 12.9 Å². The summed E-state index contributed by atoms with van der Waals surface area (Å²) in [5, 5.41) is 5.43. The van der Waals surface area contributed by atoms with E-state index < -0.39 is 6.04 Å². The second-order valence-corrected chi connectivity index (χ2v) is 7.24. The van der Waals surface area contributed by atoms with Crippen molar-refractivity contribution in [2.75, 3.05) is 21.2 Å². The van der Waals surface area contributed by atoms with Gasteiger partial charge in [-0.3, -0.25) is 14.4 Å². The van der Waals surface area contributed by atoms with E-state index in [-0.39, 0.29) is 12.3 Å². The van der Waals surface area contributed by atoms with Crippen molar-refractivity contribution in [3.8, 4) is 17.6 Å². The molecule has 1 unspecified atom stereocenters. The predicted molar refractivity (Wildman–Crippen MR) is 140 cm³/mol. The van der Waals surface area contributed by atoms with Gasteiger partial charge in [0, 0.05) is 17.7 Å². The number of carbonyl (C=O) groups excluding carboxylic acids is 3. The van der Waals surface area contributed by atoms with E-state index in [9.17, 15) is 9.59 Å². The van der Waals surface area contributed by atoms with Crippen LogP contribution in [0.3, 0.4) is 0 Å². The zero-order chi connectivity index (χ0) is 26.8. The van der Waals surface area contributed by atoms with E-state index in [1.807, 2.05) is 76.2 Å². The molecule has 2 aromatic rings. The number of ether oxygens (including phenoxy) is 1. The number of aryl methyl sites for hydroxylation is 1. The van der Waals surface area contributed by atoms with E-state index >= 15 is 0 Å². The van der Waals surface area contributed by atoms with E-state index in [0.717, 1.165) is 35.3 Å². The van der Waals surface area contributed by atoms with Crippen LogP contribution in [0.1, 0.15) is 40.9 Å². The molecule has 3 rings (SSSR count). The smallest absolute Gasteiger partial charge is 0.260 e. The monoisotopic (exact) mass is 480 g/mol. The first-order valence-corrected chi connectivity index (χ1v) is 11.0. The second kappa shape index (κ2) is 17.4. The molecule has 1 fully saturated rings. The van der Waals surface area contributed by atoms with E-state index in [1.165, 1.54) is 0 Å². The molecule has 1 aliphatic heterocycles. The molecule has 35 heavy (non-hydrogen) atoms. The first kappa shape index (κ1) is 30.9. The molecule has 0 aromatic heterocycles. The van der Waals surface area contributed by atoms with Gasteiger partial charge >= 0.3 is 0 Å². The van der Waals surface area contributed by atoms with Gasteiger partial charge in [0.1, 0.15) is 5.75 Å². The summed E-state index contributed by atoms with van der Waals surface area (Å²) in [6, 6.07) is 12.9. The molecule has 1 atom stereocenters. The summed E-state index contributed by atoms with van der Waals surface area (Å²) in [5.41, 5.74) is 7.94. The molecule has 2 aromatic carbocycles.